The van der Waals surface area contributed by atoms with Gasteiger partial charge in [-0.25, -0.2) is 0 Å². The van der Waals surface area contributed by atoms with Gasteiger partial charge >= 0.3 is 0 Å². The molecule has 0 radical (unpaired) electrons. The molecule has 0 saturated heterocycles. The average molecular weight is 494 g/mol. The second kappa shape index (κ2) is 27.0. The minimum Gasteiger partial charge on any atom is -0.298 e. The highest BCUT2D eigenvalue weighted by atomic mass is 15.2. The highest BCUT2D eigenvalue weighted by Crippen LogP contribution is 2.25. The largest absolute Gasteiger partial charge is 0.298 e. The van der Waals surface area contributed by atoms with Gasteiger partial charge in [0.2, 0.25) is 0 Å². The minimum absolute atomic E-state index is 0.378. The summed E-state index contributed by atoms with van der Waals surface area (Å²) in [4.78, 5) is 2.89. The summed E-state index contributed by atoms with van der Waals surface area (Å²) in [5, 5.41) is 0. The Kier molecular flexibility index (Phi) is 27.0. The normalized spacial score (nSPS) is 12.2. The van der Waals surface area contributed by atoms with E-state index in [1.807, 2.05) is 0 Å². The molecule has 0 aliphatic heterocycles. The zero-order valence-corrected chi connectivity index (χ0v) is 25.7. The van der Waals surface area contributed by atoms with E-state index in [0.29, 0.717) is 5.54 Å². The Morgan fingerprint density at radius 3 is 0.914 bits per heavy atom. The molecule has 0 unspecified atom stereocenters. The van der Waals surface area contributed by atoms with Crippen LogP contribution in [0, 0.1) is 0 Å². The van der Waals surface area contributed by atoms with Crippen molar-refractivity contribution in [2.75, 3.05) is 13.1 Å². The Morgan fingerprint density at radius 2 is 0.600 bits per heavy atom. The van der Waals surface area contributed by atoms with E-state index in [0.717, 1.165) is 0 Å². The van der Waals surface area contributed by atoms with Crippen LogP contribution in [0.2, 0.25) is 0 Å². The van der Waals surface area contributed by atoms with Gasteiger partial charge in [0.05, 0.1) is 0 Å². The van der Waals surface area contributed by atoms with Crippen molar-refractivity contribution < 1.29 is 0 Å². The molecule has 0 rings (SSSR count). The maximum Gasteiger partial charge on any atom is 0.0153 e. The average Bonchev–Trinajstić information content (AvgIpc) is 2.84. The highest BCUT2D eigenvalue weighted by molar-refractivity contribution is 4.81. The smallest absolute Gasteiger partial charge is 0.0153 e. The second-order valence-electron chi connectivity index (χ2n) is 12.3. The van der Waals surface area contributed by atoms with Gasteiger partial charge in [-0.15, -0.1) is 0 Å². The molecule has 0 aromatic carbocycles. The number of nitrogens with zero attached hydrogens (tertiary/aromatic N) is 1. The molecule has 0 bridgehead atoms. The minimum atomic E-state index is 0.378. The molecule has 0 aromatic heterocycles. The van der Waals surface area contributed by atoms with E-state index in [-0.39, 0.29) is 0 Å². The van der Waals surface area contributed by atoms with Crippen molar-refractivity contribution in [2.24, 2.45) is 0 Å². The van der Waals surface area contributed by atoms with E-state index in [2.05, 4.69) is 39.5 Å². The quantitative estimate of drug-likeness (QED) is 0.0936. The predicted molar refractivity (Wildman–Crippen MR) is 163 cm³/mol. The van der Waals surface area contributed by atoms with E-state index < -0.39 is 0 Å². The van der Waals surface area contributed by atoms with E-state index in [1.165, 1.54) is 180 Å². The van der Waals surface area contributed by atoms with Crippen molar-refractivity contribution in [2.45, 2.75) is 207 Å². The molecule has 0 aliphatic rings. The number of hydrogen-bond donors (Lipinski definition) is 0. The lowest BCUT2D eigenvalue weighted by atomic mass is 9.92. The van der Waals surface area contributed by atoms with Crippen LogP contribution in [0.25, 0.3) is 0 Å². The van der Waals surface area contributed by atoms with Crippen molar-refractivity contribution in [3.63, 3.8) is 0 Å². The van der Waals surface area contributed by atoms with Crippen LogP contribution in [0.15, 0.2) is 0 Å². The Balaban J connectivity index is 4.22. The molecular weight excluding hydrogens is 422 g/mol. The van der Waals surface area contributed by atoms with E-state index in [9.17, 15) is 0 Å². The van der Waals surface area contributed by atoms with Crippen molar-refractivity contribution >= 4 is 0 Å². The summed E-state index contributed by atoms with van der Waals surface area (Å²) in [5.74, 6) is 0. The molecule has 0 amide bonds. The van der Waals surface area contributed by atoms with Gasteiger partial charge in [0.15, 0.2) is 0 Å². The number of hydrogen-bond acceptors (Lipinski definition) is 1. The Bertz CT molecular complexity index is 368. The lowest BCUT2D eigenvalue weighted by molar-refractivity contribution is 0.102. The van der Waals surface area contributed by atoms with Crippen molar-refractivity contribution in [1.82, 2.24) is 4.90 Å². The standard InChI is InChI=1S/C34H71N/c1-6-9-12-15-18-21-22-25-28-31-34(4,5)35(32-29-26-23-19-16-13-10-7-2)33-30-27-24-20-17-14-11-8-3/h6-33H2,1-5H3. The summed E-state index contributed by atoms with van der Waals surface area (Å²) < 4.78 is 0. The molecule has 0 atom stereocenters. The molecule has 0 aliphatic carbocycles. The molecule has 1 nitrogen and oxygen atoms in total. The molecule has 0 N–H and O–H groups in total. The second-order valence-corrected chi connectivity index (χ2v) is 12.3. The Morgan fingerprint density at radius 1 is 0.343 bits per heavy atom. The van der Waals surface area contributed by atoms with Gasteiger partial charge in [-0.05, 0) is 46.2 Å². The lowest BCUT2D eigenvalue weighted by Crippen LogP contribution is -2.45. The Hall–Kier alpha value is -0.0400. The fourth-order valence-electron chi connectivity index (χ4n) is 5.62. The van der Waals surface area contributed by atoms with Crippen LogP contribution in [-0.4, -0.2) is 23.5 Å². The zero-order valence-electron chi connectivity index (χ0n) is 25.7. The number of unbranched alkanes of at least 4 members (excludes halogenated alkanes) is 22. The SMILES string of the molecule is CCCCCCCCCCCC(C)(C)N(CCCCCCCCCC)CCCCCCCCCC. The molecular formula is C34H71N. The summed E-state index contributed by atoms with van der Waals surface area (Å²) >= 11 is 0. The van der Waals surface area contributed by atoms with Crippen LogP contribution in [0.4, 0.5) is 0 Å². The molecule has 35 heavy (non-hydrogen) atoms. The van der Waals surface area contributed by atoms with Crippen molar-refractivity contribution in [3.05, 3.63) is 0 Å². The molecule has 212 valence electrons. The van der Waals surface area contributed by atoms with E-state index >= 15 is 0 Å². The third-order valence-electron chi connectivity index (χ3n) is 8.31. The van der Waals surface area contributed by atoms with Gasteiger partial charge in [0.25, 0.3) is 0 Å². The van der Waals surface area contributed by atoms with Gasteiger partial charge in [-0.3, -0.25) is 4.90 Å². The molecule has 0 aromatic rings. The third kappa shape index (κ3) is 24.1. The van der Waals surface area contributed by atoms with Crippen LogP contribution in [0.1, 0.15) is 202 Å². The summed E-state index contributed by atoms with van der Waals surface area (Å²) in [6.45, 7) is 14.7. The molecule has 1 heteroatoms. The summed E-state index contributed by atoms with van der Waals surface area (Å²) in [5.41, 5.74) is 0.378. The highest BCUT2D eigenvalue weighted by Gasteiger charge is 2.25. The Labute approximate surface area is 225 Å². The first-order valence-electron chi connectivity index (χ1n) is 16.8. The first kappa shape index (κ1) is 35.0. The summed E-state index contributed by atoms with van der Waals surface area (Å²) in [7, 11) is 0. The van der Waals surface area contributed by atoms with Crippen LogP contribution in [0.5, 0.6) is 0 Å². The van der Waals surface area contributed by atoms with Gasteiger partial charge in [0, 0.05) is 5.54 Å². The number of rotatable bonds is 29. The van der Waals surface area contributed by atoms with E-state index in [4.69, 9.17) is 0 Å². The summed E-state index contributed by atoms with van der Waals surface area (Å²) in [6.07, 6.45) is 37.3. The van der Waals surface area contributed by atoms with Crippen molar-refractivity contribution in [3.8, 4) is 0 Å². The first-order chi connectivity index (χ1) is 17.1. The van der Waals surface area contributed by atoms with Crippen LogP contribution in [-0.2, 0) is 0 Å². The van der Waals surface area contributed by atoms with Crippen LogP contribution < -0.4 is 0 Å². The predicted octanol–water partition coefficient (Wildman–Crippen LogP) is 12.3. The monoisotopic (exact) mass is 494 g/mol. The van der Waals surface area contributed by atoms with Crippen molar-refractivity contribution in [1.29, 1.82) is 0 Å². The van der Waals surface area contributed by atoms with Gasteiger partial charge < -0.3 is 0 Å². The van der Waals surface area contributed by atoms with Crippen LogP contribution in [0.3, 0.4) is 0 Å². The van der Waals surface area contributed by atoms with Gasteiger partial charge in [-0.2, -0.15) is 0 Å². The zero-order chi connectivity index (χ0) is 25.9. The summed E-state index contributed by atoms with van der Waals surface area (Å²) in [6, 6.07) is 0. The first-order valence-corrected chi connectivity index (χ1v) is 16.8. The maximum atomic E-state index is 2.89. The molecule has 0 saturated carbocycles. The molecule has 0 fully saturated rings. The fourth-order valence-corrected chi connectivity index (χ4v) is 5.62. The topological polar surface area (TPSA) is 3.24 Å². The van der Waals surface area contributed by atoms with Crippen LogP contribution >= 0.6 is 0 Å². The van der Waals surface area contributed by atoms with E-state index in [1.54, 1.807) is 0 Å². The van der Waals surface area contributed by atoms with Gasteiger partial charge in [0.1, 0.15) is 0 Å². The van der Waals surface area contributed by atoms with Gasteiger partial charge in [-0.1, -0.05) is 168 Å². The maximum absolute atomic E-state index is 2.89. The molecule has 0 spiro atoms. The third-order valence-corrected chi connectivity index (χ3v) is 8.31. The lowest BCUT2D eigenvalue weighted by Gasteiger charge is -2.39. The molecule has 0 heterocycles. The fraction of sp³-hybridized carbons (Fsp3) is 1.00.